The fraction of sp³-hybridized carbons (Fsp3) is 0.200. The molecule has 0 saturated carbocycles. The number of nitrogens with one attached hydrogen (secondary N) is 1. The Morgan fingerprint density at radius 1 is 1.64 bits per heavy atom. The third kappa shape index (κ3) is 1.62. The molecule has 0 fully saturated rings. The van der Waals surface area contributed by atoms with Gasteiger partial charge in [-0.25, -0.2) is 4.79 Å². The minimum atomic E-state index is -1.27. The molecular weight excluding hydrogens is 174 g/mol. The molecule has 11 heavy (non-hydrogen) atoms. The van der Waals surface area contributed by atoms with Crippen LogP contribution >= 0.6 is 12.4 Å². The number of carboxylic acids is 1. The average Bonchev–Trinajstić information content (AvgIpc) is 2.11. The third-order valence-corrected chi connectivity index (χ3v) is 1.09. The lowest BCUT2D eigenvalue weighted by molar-refractivity contribution is 0.0694. The number of carboxylic acid groups (broad SMARTS) is 1. The van der Waals surface area contributed by atoms with E-state index in [4.69, 9.17) is 5.11 Å². The molecule has 0 aliphatic rings. The van der Waals surface area contributed by atoms with E-state index in [0.717, 1.165) is 0 Å². The molecule has 0 aliphatic heterocycles. The van der Waals surface area contributed by atoms with E-state index < -0.39 is 11.5 Å². The lowest BCUT2D eigenvalue weighted by Gasteiger charge is -1.82. The van der Waals surface area contributed by atoms with Crippen molar-refractivity contribution in [2.24, 2.45) is 0 Å². The number of aryl methyl sites for hydroxylation is 1. The van der Waals surface area contributed by atoms with Gasteiger partial charge in [-0.1, -0.05) is 0 Å². The van der Waals surface area contributed by atoms with Gasteiger partial charge in [0.1, 0.15) is 5.76 Å². The number of halogens is 1. The first-order valence-electron chi connectivity index (χ1n) is 2.54. The van der Waals surface area contributed by atoms with Crippen LogP contribution in [0, 0.1) is 6.92 Å². The summed E-state index contributed by atoms with van der Waals surface area (Å²) in [4.78, 5) is 20.8. The van der Waals surface area contributed by atoms with Gasteiger partial charge >= 0.3 is 5.97 Å². The predicted octanol–water partition coefficient (Wildman–Crippen LogP) is 0.396. The molecule has 2 N–H and O–H groups in total. The summed E-state index contributed by atoms with van der Waals surface area (Å²) in [5.41, 5.74) is -1.04. The highest BCUT2D eigenvalue weighted by molar-refractivity contribution is 5.87. The highest BCUT2D eigenvalue weighted by atomic mass is 35.5. The molecule has 0 bridgehead atoms. The zero-order valence-corrected chi connectivity index (χ0v) is 6.40. The Morgan fingerprint density at radius 3 is 2.36 bits per heavy atom. The summed E-state index contributed by atoms with van der Waals surface area (Å²) < 4.78 is 4.44. The molecule has 1 aromatic heterocycles. The highest BCUT2D eigenvalue weighted by Gasteiger charge is 2.15. The Kier molecular flexibility index (Phi) is 2.88. The number of rotatable bonds is 1. The molecule has 0 atom stereocenters. The van der Waals surface area contributed by atoms with Gasteiger partial charge < -0.3 is 9.63 Å². The zero-order chi connectivity index (χ0) is 7.72. The lowest BCUT2D eigenvalue weighted by Crippen LogP contribution is -2.12. The second-order valence-electron chi connectivity index (χ2n) is 1.77. The predicted molar refractivity (Wildman–Crippen MR) is 38.3 cm³/mol. The maximum Gasteiger partial charge on any atom is 0.345 e. The molecule has 0 spiro atoms. The molecule has 0 radical (unpaired) electrons. The molecule has 0 saturated heterocycles. The van der Waals surface area contributed by atoms with Crippen LogP contribution in [0.1, 0.15) is 16.1 Å². The minimum absolute atomic E-state index is 0. The third-order valence-electron chi connectivity index (χ3n) is 1.09. The minimum Gasteiger partial charge on any atom is -0.477 e. The Balaban J connectivity index is 0.000001000. The van der Waals surface area contributed by atoms with Gasteiger partial charge in [0.05, 0.1) is 0 Å². The molecular formula is C5H6ClNO4. The summed E-state index contributed by atoms with van der Waals surface area (Å²) in [6, 6.07) is 0. The van der Waals surface area contributed by atoms with Crippen LogP contribution in [0.2, 0.25) is 0 Å². The highest BCUT2D eigenvalue weighted by Crippen LogP contribution is 1.98. The maximum absolute atomic E-state index is 10.6. The van der Waals surface area contributed by atoms with Crippen molar-refractivity contribution in [3.05, 3.63) is 21.7 Å². The van der Waals surface area contributed by atoms with Crippen LogP contribution in [-0.2, 0) is 0 Å². The topological polar surface area (TPSA) is 83.3 Å². The van der Waals surface area contributed by atoms with Crippen LogP contribution in [0.3, 0.4) is 0 Å². The summed E-state index contributed by atoms with van der Waals surface area (Å²) in [6.07, 6.45) is 0. The van der Waals surface area contributed by atoms with E-state index in [1.165, 1.54) is 6.92 Å². The summed E-state index contributed by atoms with van der Waals surface area (Å²) in [7, 11) is 0. The van der Waals surface area contributed by atoms with Crippen molar-refractivity contribution in [1.29, 1.82) is 0 Å². The Hall–Kier alpha value is -1.23. The first-order chi connectivity index (χ1) is 4.63. The molecule has 0 unspecified atom stereocenters. The molecule has 62 valence electrons. The van der Waals surface area contributed by atoms with Crippen LogP contribution in [0.5, 0.6) is 0 Å². The van der Waals surface area contributed by atoms with Crippen molar-refractivity contribution in [2.75, 3.05) is 0 Å². The fourth-order valence-corrected chi connectivity index (χ4v) is 0.633. The smallest absolute Gasteiger partial charge is 0.345 e. The number of H-pyrrole nitrogens is 1. The Bertz CT molecular complexity index is 313. The molecule has 1 aromatic rings. The average molecular weight is 180 g/mol. The Morgan fingerprint density at radius 2 is 2.18 bits per heavy atom. The molecule has 0 aromatic carbocycles. The van der Waals surface area contributed by atoms with Gasteiger partial charge in [0.25, 0.3) is 5.56 Å². The number of carbonyl (C=O) groups is 1. The number of hydrogen-bond donors (Lipinski definition) is 2. The van der Waals surface area contributed by atoms with Crippen LogP contribution < -0.4 is 5.56 Å². The number of aromatic carboxylic acids is 1. The summed E-state index contributed by atoms with van der Waals surface area (Å²) >= 11 is 0. The lowest BCUT2D eigenvalue weighted by atomic mass is 10.3. The van der Waals surface area contributed by atoms with Crippen LogP contribution in [0.25, 0.3) is 0 Å². The van der Waals surface area contributed by atoms with Crippen molar-refractivity contribution < 1.29 is 14.4 Å². The van der Waals surface area contributed by atoms with E-state index in [1.54, 1.807) is 0 Å². The van der Waals surface area contributed by atoms with E-state index >= 15 is 0 Å². The molecule has 6 heteroatoms. The zero-order valence-electron chi connectivity index (χ0n) is 5.58. The molecule has 0 aliphatic carbocycles. The number of hydrogen-bond acceptors (Lipinski definition) is 3. The monoisotopic (exact) mass is 179 g/mol. The van der Waals surface area contributed by atoms with Crippen LogP contribution in [-0.4, -0.2) is 16.2 Å². The summed E-state index contributed by atoms with van der Waals surface area (Å²) in [5, 5.41) is 10.3. The number of aromatic nitrogens is 1. The standard InChI is InChI=1S/C5H5NO4.ClH/c1-2-3(5(8)9)4(7)6-10-2;/h1H3,(H,6,7)(H,8,9);1H. The summed E-state index contributed by atoms with van der Waals surface area (Å²) in [5.74, 6) is -1.18. The van der Waals surface area contributed by atoms with E-state index in [9.17, 15) is 9.59 Å². The van der Waals surface area contributed by atoms with Gasteiger partial charge in [-0.05, 0) is 6.92 Å². The second-order valence-corrected chi connectivity index (χ2v) is 1.77. The number of aromatic amines is 1. The van der Waals surface area contributed by atoms with E-state index in [0.29, 0.717) is 0 Å². The Labute approximate surface area is 67.4 Å². The quantitative estimate of drug-likeness (QED) is 0.654. The van der Waals surface area contributed by atoms with Gasteiger partial charge in [-0.3, -0.25) is 4.79 Å². The molecule has 0 amide bonds. The SMILES string of the molecule is Cc1o[nH]c(=O)c1C(=O)O.Cl. The fourth-order valence-electron chi connectivity index (χ4n) is 0.633. The normalized spacial score (nSPS) is 8.82. The van der Waals surface area contributed by atoms with E-state index in [1.807, 2.05) is 5.16 Å². The largest absolute Gasteiger partial charge is 0.477 e. The molecule has 1 heterocycles. The van der Waals surface area contributed by atoms with Gasteiger partial charge in [0, 0.05) is 0 Å². The first kappa shape index (κ1) is 9.77. The van der Waals surface area contributed by atoms with Gasteiger partial charge in [-0.15, -0.1) is 12.4 Å². The van der Waals surface area contributed by atoms with Crippen molar-refractivity contribution >= 4 is 18.4 Å². The van der Waals surface area contributed by atoms with Gasteiger partial charge in [0.2, 0.25) is 0 Å². The van der Waals surface area contributed by atoms with E-state index in [2.05, 4.69) is 4.52 Å². The van der Waals surface area contributed by atoms with Gasteiger partial charge in [-0.2, -0.15) is 5.16 Å². The maximum atomic E-state index is 10.6. The van der Waals surface area contributed by atoms with Crippen molar-refractivity contribution in [3.63, 3.8) is 0 Å². The first-order valence-corrected chi connectivity index (χ1v) is 2.54. The van der Waals surface area contributed by atoms with Crippen LogP contribution in [0.15, 0.2) is 9.32 Å². The van der Waals surface area contributed by atoms with E-state index in [-0.39, 0.29) is 23.7 Å². The van der Waals surface area contributed by atoms with Crippen molar-refractivity contribution in [2.45, 2.75) is 6.92 Å². The molecule has 5 nitrogen and oxygen atoms in total. The van der Waals surface area contributed by atoms with Crippen molar-refractivity contribution in [1.82, 2.24) is 5.16 Å². The summed E-state index contributed by atoms with van der Waals surface area (Å²) in [6.45, 7) is 1.40. The van der Waals surface area contributed by atoms with Crippen LogP contribution in [0.4, 0.5) is 0 Å². The van der Waals surface area contributed by atoms with Gasteiger partial charge in [0.15, 0.2) is 5.56 Å². The second kappa shape index (κ2) is 3.25. The molecule has 1 rings (SSSR count). The van der Waals surface area contributed by atoms with Crippen molar-refractivity contribution in [3.8, 4) is 0 Å².